The summed E-state index contributed by atoms with van der Waals surface area (Å²) in [6.07, 6.45) is 0.950. The number of nitrogens with zero attached hydrogens (tertiary/aromatic N) is 1. The molecule has 0 bridgehead atoms. The average Bonchev–Trinajstić information content (AvgIpc) is 2.59. The summed E-state index contributed by atoms with van der Waals surface area (Å²) in [6, 6.07) is 6.17. The molecule has 0 unspecified atom stereocenters. The van der Waals surface area contributed by atoms with Crippen molar-refractivity contribution in [2.75, 3.05) is 40.4 Å². The highest BCUT2D eigenvalue weighted by molar-refractivity contribution is 5.43. The summed E-state index contributed by atoms with van der Waals surface area (Å²) in [6.45, 7) is 4.38. The van der Waals surface area contributed by atoms with Gasteiger partial charge in [-0.1, -0.05) is 6.07 Å². The molecule has 2 rings (SSSR count). The minimum Gasteiger partial charge on any atom is -0.490 e. The molecular weight excluding hydrogens is 228 g/mol. The highest BCUT2D eigenvalue weighted by Gasteiger charge is 2.10. The molecule has 0 radical (unpaired) electrons. The minimum atomic E-state index is 0.741. The molecule has 0 aliphatic carbocycles. The zero-order chi connectivity index (χ0) is 12.8. The van der Waals surface area contributed by atoms with E-state index in [1.54, 1.807) is 0 Å². The van der Waals surface area contributed by atoms with E-state index in [1.807, 2.05) is 6.07 Å². The van der Waals surface area contributed by atoms with Crippen molar-refractivity contribution in [3.63, 3.8) is 0 Å². The molecule has 1 aliphatic heterocycles. The molecule has 0 saturated heterocycles. The van der Waals surface area contributed by atoms with Gasteiger partial charge in [-0.25, -0.2) is 0 Å². The molecule has 100 valence electrons. The van der Waals surface area contributed by atoms with E-state index in [4.69, 9.17) is 9.47 Å². The van der Waals surface area contributed by atoms with Crippen molar-refractivity contribution in [3.8, 4) is 11.5 Å². The smallest absolute Gasteiger partial charge is 0.161 e. The van der Waals surface area contributed by atoms with Crippen LogP contribution in [0, 0.1) is 0 Å². The van der Waals surface area contributed by atoms with Crippen molar-refractivity contribution in [1.82, 2.24) is 10.2 Å². The molecule has 1 aliphatic rings. The van der Waals surface area contributed by atoms with Crippen molar-refractivity contribution in [2.45, 2.75) is 13.0 Å². The molecule has 0 saturated carbocycles. The van der Waals surface area contributed by atoms with E-state index in [1.165, 1.54) is 5.56 Å². The van der Waals surface area contributed by atoms with Gasteiger partial charge in [-0.2, -0.15) is 0 Å². The van der Waals surface area contributed by atoms with Crippen LogP contribution < -0.4 is 14.8 Å². The predicted octanol–water partition coefficient (Wildman–Crippen LogP) is 1.50. The summed E-state index contributed by atoms with van der Waals surface area (Å²) >= 11 is 0. The lowest BCUT2D eigenvalue weighted by molar-refractivity contribution is 0.297. The number of likely N-dealkylation sites (N-methyl/N-ethyl adjacent to an activating group) is 1. The quantitative estimate of drug-likeness (QED) is 0.803. The predicted molar refractivity (Wildman–Crippen MR) is 72.3 cm³/mol. The Bertz CT molecular complexity index is 380. The maximum absolute atomic E-state index is 5.67. The lowest BCUT2D eigenvalue weighted by atomic mass is 10.2. The van der Waals surface area contributed by atoms with Crippen molar-refractivity contribution in [1.29, 1.82) is 0 Å². The van der Waals surface area contributed by atoms with Gasteiger partial charge in [0.05, 0.1) is 13.2 Å². The van der Waals surface area contributed by atoms with Gasteiger partial charge in [-0.15, -0.1) is 0 Å². The number of benzene rings is 1. The molecule has 4 nitrogen and oxygen atoms in total. The van der Waals surface area contributed by atoms with Crippen LogP contribution in [0.1, 0.15) is 12.0 Å². The van der Waals surface area contributed by atoms with Crippen molar-refractivity contribution in [2.24, 2.45) is 0 Å². The number of rotatable bonds is 5. The summed E-state index contributed by atoms with van der Waals surface area (Å²) < 4.78 is 11.3. The fraction of sp³-hybridized carbons (Fsp3) is 0.571. The first-order valence-electron chi connectivity index (χ1n) is 6.49. The molecule has 0 amide bonds. The second-order valence-electron chi connectivity index (χ2n) is 4.81. The van der Waals surface area contributed by atoms with Gasteiger partial charge in [-0.05, 0) is 31.8 Å². The van der Waals surface area contributed by atoms with E-state index in [0.717, 1.165) is 50.8 Å². The fourth-order valence-electron chi connectivity index (χ4n) is 1.85. The first-order valence-corrected chi connectivity index (χ1v) is 6.49. The minimum absolute atomic E-state index is 0.741. The summed E-state index contributed by atoms with van der Waals surface area (Å²) in [5.41, 5.74) is 1.23. The van der Waals surface area contributed by atoms with Crippen LogP contribution in [0.3, 0.4) is 0 Å². The van der Waals surface area contributed by atoms with Gasteiger partial charge >= 0.3 is 0 Å². The third kappa shape index (κ3) is 3.89. The van der Waals surface area contributed by atoms with Crippen LogP contribution in [0.2, 0.25) is 0 Å². The summed E-state index contributed by atoms with van der Waals surface area (Å²) in [4.78, 5) is 2.17. The number of ether oxygens (including phenoxy) is 2. The largest absolute Gasteiger partial charge is 0.490 e. The van der Waals surface area contributed by atoms with Crippen LogP contribution in [0.25, 0.3) is 0 Å². The van der Waals surface area contributed by atoms with Crippen LogP contribution in [-0.2, 0) is 6.54 Å². The number of hydrogen-bond acceptors (Lipinski definition) is 4. The van der Waals surface area contributed by atoms with Crippen LogP contribution in [-0.4, -0.2) is 45.3 Å². The maximum atomic E-state index is 5.67. The van der Waals surface area contributed by atoms with Gasteiger partial charge < -0.3 is 19.7 Å². The summed E-state index contributed by atoms with van der Waals surface area (Å²) in [5.74, 6) is 1.74. The van der Waals surface area contributed by atoms with Crippen molar-refractivity contribution in [3.05, 3.63) is 23.8 Å². The van der Waals surface area contributed by atoms with Gasteiger partial charge in [-0.3, -0.25) is 0 Å². The van der Waals surface area contributed by atoms with Crippen LogP contribution in [0.4, 0.5) is 0 Å². The highest BCUT2D eigenvalue weighted by Crippen LogP contribution is 2.30. The second kappa shape index (κ2) is 6.61. The SMILES string of the molecule is CN(C)CCNCc1ccc2c(c1)OCCCO2. The van der Waals surface area contributed by atoms with Crippen LogP contribution in [0.15, 0.2) is 18.2 Å². The monoisotopic (exact) mass is 250 g/mol. The van der Waals surface area contributed by atoms with E-state index in [-0.39, 0.29) is 0 Å². The zero-order valence-electron chi connectivity index (χ0n) is 11.2. The lowest BCUT2D eigenvalue weighted by Gasteiger charge is -2.12. The van der Waals surface area contributed by atoms with Gasteiger partial charge in [0.2, 0.25) is 0 Å². The molecule has 1 heterocycles. The van der Waals surface area contributed by atoms with E-state index in [0.29, 0.717) is 0 Å². The Morgan fingerprint density at radius 1 is 1.17 bits per heavy atom. The second-order valence-corrected chi connectivity index (χ2v) is 4.81. The van der Waals surface area contributed by atoms with Gasteiger partial charge in [0.15, 0.2) is 11.5 Å². The molecule has 1 aromatic rings. The Balaban J connectivity index is 1.88. The molecule has 0 fully saturated rings. The molecule has 4 heteroatoms. The average molecular weight is 250 g/mol. The Kier molecular flexibility index (Phi) is 4.84. The molecule has 0 aromatic heterocycles. The maximum Gasteiger partial charge on any atom is 0.161 e. The van der Waals surface area contributed by atoms with Crippen molar-refractivity contribution >= 4 is 0 Å². The summed E-state index contributed by atoms with van der Waals surface area (Å²) in [7, 11) is 4.16. The molecule has 1 aromatic carbocycles. The van der Waals surface area contributed by atoms with Gasteiger partial charge in [0, 0.05) is 26.1 Å². The number of hydrogen-bond donors (Lipinski definition) is 1. The standard InChI is InChI=1S/C14H22N2O2/c1-16(2)7-6-15-11-12-4-5-13-14(10-12)18-9-3-8-17-13/h4-5,10,15H,3,6-9,11H2,1-2H3. The first kappa shape index (κ1) is 13.2. The third-order valence-electron chi connectivity index (χ3n) is 2.88. The van der Waals surface area contributed by atoms with Gasteiger partial charge in [0.1, 0.15) is 0 Å². The van der Waals surface area contributed by atoms with Gasteiger partial charge in [0.25, 0.3) is 0 Å². The fourth-order valence-corrected chi connectivity index (χ4v) is 1.85. The normalized spacial score (nSPS) is 14.6. The third-order valence-corrected chi connectivity index (χ3v) is 2.88. The Labute approximate surface area is 109 Å². The van der Waals surface area contributed by atoms with E-state index >= 15 is 0 Å². The van der Waals surface area contributed by atoms with Crippen LogP contribution in [0.5, 0.6) is 11.5 Å². The van der Waals surface area contributed by atoms with E-state index in [9.17, 15) is 0 Å². The lowest BCUT2D eigenvalue weighted by Crippen LogP contribution is -2.26. The molecular formula is C14H22N2O2. The Hall–Kier alpha value is -1.26. The first-order chi connectivity index (χ1) is 8.75. The molecule has 0 spiro atoms. The molecule has 0 atom stereocenters. The van der Waals surface area contributed by atoms with E-state index < -0.39 is 0 Å². The molecule has 1 N–H and O–H groups in total. The van der Waals surface area contributed by atoms with E-state index in [2.05, 4.69) is 36.4 Å². The highest BCUT2D eigenvalue weighted by atomic mass is 16.5. The zero-order valence-corrected chi connectivity index (χ0v) is 11.2. The Morgan fingerprint density at radius 2 is 1.94 bits per heavy atom. The number of nitrogens with one attached hydrogen (secondary N) is 1. The van der Waals surface area contributed by atoms with Crippen LogP contribution >= 0.6 is 0 Å². The summed E-state index contributed by atoms with van der Waals surface area (Å²) in [5, 5.41) is 3.42. The topological polar surface area (TPSA) is 33.7 Å². The Morgan fingerprint density at radius 3 is 2.72 bits per heavy atom. The number of fused-ring (bicyclic) bond motifs is 1. The molecule has 18 heavy (non-hydrogen) atoms. The van der Waals surface area contributed by atoms with Crippen molar-refractivity contribution < 1.29 is 9.47 Å².